The lowest BCUT2D eigenvalue weighted by Crippen LogP contribution is -2.15. The average molecular weight is 440 g/mol. The molecule has 3 N–H and O–H groups in total. The number of nitrogens with zero attached hydrogens (tertiary/aromatic N) is 1. The molecule has 0 bridgehead atoms. The Labute approximate surface area is 141 Å². The van der Waals surface area contributed by atoms with Crippen molar-refractivity contribution >= 4 is 72.5 Å². The summed E-state index contributed by atoms with van der Waals surface area (Å²) in [5.74, 6) is -0.322. The summed E-state index contributed by atoms with van der Waals surface area (Å²) in [6.45, 7) is 0. The molecule has 8 heteroatoms. The fourth-order valence-corrected chi connectivity index (χ4v) is 3.11. The van der Waals surface area contributed by atoms with Gasteiger partial charge in [0.1, 0.15) is 5.82 Å². The first-order chi connectivity index (χ1) is 9.38. The summed E-state index contributed by atoms with van der Waals surface area (Å²) < 4.78 is 1.36. The minimum Gasteiger partial charge on any atom is -0.383 e. The summed E-state index contributed by atoms with van der Waals surface area (Å²) in [7, 11) is 0. The molecule has 0 unspecified atom stereocenters. The molecule has 2 rings (SSSR count). The van der Waals surface area contributed by atoms with Crippen molar-refractivity contribution in [2.45, 2.75) is 0 Å². The summed E-state index contributed by atoms with van der Waals surface area (Å²) in [4.78, 5) is 16.1. The molecule has 0 aliphatic carbocycles. The zero-order valence-electron chi connectivity index (χ0n) is 9.75. The van der Waals surface area contributed by atoms with E-state index in [1.54, 1.807) is 18.2 Å². The minimum atomic E-state index is -0.442. The number of halogens is 4. The molecule has 0 saturated carbocycles. The molecule has 0 aliphatic heterocycles. The quantitative estimate of drug-likeness (QED) is 0.709. The summed E-state index contributed by atoms with van der Waals surface area (Å²) >= 11 is 18.6. The maximum atomic E-state index is 12.2. The van der Waals surface area contributed by atoms with Gasteiger partial charge in [0, 0.05) is 15.1 Å². The van der Waals surface area contributed by atoms with E-state index in [4.69, 9.17) is 28.9 Å². The van der Waals surface area contributed by atoms with E-state index >= 15 is 0 Å². The maximum absolute atomic E-state index is 12.2. The number of hydrogen-bond acceptors (Lipinski definition) is 3. The highest BCUT2D eigenvalue weighted by Gasteiger charge is 2.15. The predicted octanol–water partition coefficient (Wildman–Crippen LogP) is 4.75. The number of nitrogen functional groups attached to an aromatic ring is 1. The Morgan fingerprint density at radius 2 is 1.75 bits per heavy atom. The lowest BCUT2D eigenvalue weighted by molar-refractivity contribution is 0.102. The highest BCUT2D eigenvalue weighted by molar-refractivity contribution is 9.10. The van der Waals surface area contributed by atoms with Gasteiger partial charge in [-0.1, -0.05) is 39.1 Å². The van der Waals surface area contributed by atoms with Crippen LogP contribution in [-0.2, 0) is 0 Å². The van der Waals surface area contributed by atoms with Gasteiger partial charge in [0.05, 0.1) is 21.3 Å². The first kappa shape index (κ1) is 15.6. The van der Waals surface area contributed by atoms with Crippen LogP contribution in [0.3, 0.4) is 0 Å². The van der Waals surface area contributed by atoms with Crippen LogP contribution in [0.15, 0.2) is 33.3 Å². The molecule has 0 saturated heterocycles. The second-order valence-corrected chi connectivity index (χ2v) is 6.43. The van der Waals surface area contributed by atoms with Gasteiger partial charge in [-0.2, -0.15) is 0 Å². The second kappa shape index (κ2) is 6.30. The zero-order chi connectivity index (χ0) is 14.9. The maximum Gasteiger partial charge on any atom is 0.259 e. The number of amides is 1. The third-order valence-corrected chi connectivity index (χ3v) is 3.86. The SMILES string of the molecule is Nc1ncc(Br)cc1C(=O)Nc1c(Cl)cc(Br)cc1Cl. The fourth-order valence-electron chi connectivity index (χ4n) is 1.47. The summed E-state index contributed by atoms with van der Waals surface area (Å²) in [6, 6.07) is 4.83. The van der Waals surface area contributed by atoms with Crippen molar-refractivity contribution in [1.29, 1.82) is 0 Å². The largest absolute Gasteiger partial charge is 0.383 e. The van der Waals surface area contributed by atoms with Crippen molar-refractivity contribution in [2.75, 3.05) is 11.1 Å². The fraction of sp³-hybridized carbons (Fsp3) is 0. The molecule has 0 spiro atoms. The Kier molecular flexibility index (Phi) is 4.90. The van der Waals surface area contributed by atoms with Crippen LogP contribution in [0.25, 0.3) is 0 Å². The van der Waals surface area contributed by atoms with E-state index in [1.165, 1.54) is 6.20 Å². The number of carbonyl (C=O) groups is 1. The van der Waals surface area contributed by atoms with E-state index in [0.29, 0.717) is 24.7 Å². The van der Waals surface area contributed by atoms with Crippen molar-refractivity contribution in [2.24, 2.45) is 0 Å². The number of nitrogens with one attached hydrogen (secondary N) is 1. The third kappa shape index (κ3) is 3.44. The molecule has 0 radical (unpaired) electrons. The molecule has 0 atom stereocenters. The van der Waals surface area contributed by atoms with Gasteiger partial charge in [-0.25, -0.2) is 4.98 Å². The highest BCUT2D eigenvalue weighted by Crippen LogP contribution is 2.34. The number of pyridine rings is 1. The summed E-state index contributed by atoms with van der Waals surface area (Å²) in [5.41, 5.74) is 6.23. The molecular formula is C12H7Br2Cl2N3O. The minimum absolute atomic E-state index is 0.120. The zero-order valence-corrected chi connectivity index (χ0v) is 14.4. The van der Waals surface area contributed by atoms with Gasteiger partial charge >= 0.3 is 0 Å². The molecule has 104 valence electrons. The third-order valence-electron chi connectivity index (χ3n) is 2.38. The number of anilines is 2. The molecule has 0 fully saturated rings. The first-order valence-corrected chi connectivity index (χ1v) is 7.59. The molecule has 4 nitrogen and oxygen atoms in total. The van der Waals surface area contributed by atoms with Gasteiger partial charge in [0.25, 0.3) is 5.91 Å². The van der Waals surface area contributed by atoms with Gasteiger partial charge in [-0.15, -0.1) is 0 Å². The standard InChI is InChI=1S/C12H7Br2Cl2N3O/c13-5-2-8(15)10(9(16)3-5)19-12(20)7-1-6(14)4-18-11(7)17/h1-4H,(H2,17,18)(H,19,20). The number of rotatable bonds is 2. The Morgan fingerprint density at radius 1 is 1.15 bits per heavy atom. The Bertz CT molecular complexity index is 671. The van der Waals surface area contributed by atoms with E-state index in [9.17, 15) is 4.79 Å². The number of nitrogens with two attached hydrogens (primary N) is 1. The van der Waals surface area contributed by atoms with Gasteiger partial charge in [0.2, 0.25) is 0 Å². The molecule has 20 heavy (non-hydrogen) atoms. The highest BCUT2D eigenvalue weighted by atomic mass is 79.9. The van der Waals surface area contributed by atoms with E-state index in [2.05, 4.69) is 42.2 Å². The van der Waals surface area contributed by atoms with Crippen LogP contribution in [-0.4, -0.2) is 10.9 Å². The molecule has 2 aromatic rings. The number of hydrogen-bond donors (Lipinski definition) is 2. The predicted molar refractivity (Wildman–Crippen MR) is 88.5 cm³/mol. The van der Waals surface area contributed by atoms with Crippen molar-refractivity contribution in [3.63, 3.8) is 0 Å². The Balaban J connectivity index is 2.35. The van der Waals surface area contributed by atoms with Gasteiger partial charge in [0.15, 0.2) is 0 Å². The van der Waals surface area contributed by atoms with Crippen molar-refractivity contribution in [3.05, 3.63) is 49.0 Å². The van der Waals surface area contributed by atoms with Crippen LogP contribution in [0.5, 0.6) is 0 Å². The van der Waals surface area contributed by atoms with Gasteiger partial charge < -0.3 is 11.1 Å². The Morgan fingerprint density at radius 3 is 2.35 bits per heavy atom. The van der Waals surface area contributed by atoms with Gasteiger partial charge in [-0.3, -0.25) is 4.79 Å². The van der Waals surface area contributed by atoms with E-state index in [-0.39, 0.29) is 11.4 Å². The molecule has 1 heterocycles. The van der Waals surface area contributed by atoms with E-state index < -0.39 is 5.91 Å². The normalized spacial score (nSPS) is 10.4. The number of aromatic nitrogens is 1. The van der Waals surface area contributed by atoms with Crippen molar-refractivity contribution in [1.82, 2.24) is 4.98 Å². The number of benzene rings is 1. The lowest BCUT2D eigenvalue weighted by atomic mass is 10.2. The molecule has 1 aromatic carbocycles. The topological polar surface area (TPSA) is 68.0 Å². The summed E-state index contributed by atoms with van der Waals surface area (Å²) in [6.07, 6.45) is 1.51. The molecular weight excluding hydrogens is 433 g/mol. The van der Waals surface area contributed by atoms with Gasteiger partial charge in [-0.05, 0) is 34.1 Å². The van der Waals surface area contributed by atoms with Crippen LogP contribution in [0.1, 0.15) is 10.4 Å². The van der Waals surface area contributed by atoms with Crippen LogP contribution in [0.2, 0.25) is 10.0 Å². The molecule has 0 aliphatic rings. The van der Waals surface area contributed by atoms with E-state index in [0.717, 1.165) is 0 Å². The van der Waals surface area contributed by atoms with E-state index in [1.807, 2.05) is 0 Å². The van der Waals surface area contributed by atoms with Crippen molar-refractivity contribution < 1.29 is 4.79 Å². The lowest BCUT2D eigenvalue weighted by Gasteiger charge is -2.11. The monoisotopic (exact) mass is 437 g/mol. The van der Waals surface area contributed by atoms with Crippen LogP contribution in [0.4, 0.5) is 11.5 Å². The van der Waals surface area contributed by atoms with Crippen LogP contribution >= 0.6 is 55.1 Å². The average Bonchev–Trinajstić information content (AvgIpc) is 2.36. The second-order valence-electron chi connectivity index (χ2n) is 3.78. The van der Waals surface area contributed by atoms with Crippen LogP contribution < -0.4 is 11.1 Å². The smallest absolute Gasteiger partial charge is 0.259 e. The Hall–Kier alpha value is -0.820. The van der Waals surface area contributed by atoms with Crippen LogP contribution in [0, 0.1) is 0 Å². The molecule has 1 amide bonds. The number of carbonyl (C=O) groups excluding carboxylic acids is 1. The molecule has 1 aromatic heterocycles. The van der Waals surface area contributed by atoms with Crippen molar-refractivity contribution in [3.8, 4) is 0 Å². The first-order valence-electron chi connectivity index (χ1n) is 5.25. The summed E-state index contributed by atoms with van der Waals surface area (Å²) in [5, 5.41) is 3.26.